The number of hydrogen-bond donors (Lipinski definition) is 2. The van der Waals surface area contributed by atoms with Gasteiger partial charge in [-0.15, -0.1) is 0 Å². The van der Waals surface area contributed by atoms with Crippen LogP contribution in [-0.4, -0.2) is 18.1 Å². The number of primary amides is 1. The van der Waals surface area contributed by atoms with E-state index in [1.807, 2.05) is 0 Å². The van der Waals surface area contributed by atoms with Crippen molar-refractivity contribution in [2.75, 3.05) is 6.61 Å². The number of carbonyl (C=O) groups is 1. The maximum Gasteiger partial charge on any atom is 0.252 e. The van der Waals surface area contributed by atoms with Crippen LogP contribution in [0.3, 0.4) is 0 Å². The van der Waals surface area contributed by atoms with Crippen LogP contribution in [0.5, 0.6) is 5.75 Å². The molecule has 5 heteroatoms. The molecule has 1 aliphatic rings. The lowest BCUT2D eigenvalue weighted by molar-refractivity contribution is 0.0994. The zero-order chi connectivity index (χ0) is 14.6. The van der Waals surface area contributed by atoms with E-state index in [0.29, 0.717) is 22.9 Å². The van der Waals surface area contributed by atoms with Crippen LogP contribution in [0.15, 0.2) is 18.2 Å². The van der Waals surface area contributed by atoms with Gasteiger partial charge in [-0.05, 0) is 31.0 Å². The molecule has 0 saturated heterocycles. The Morgan fingerprint density at radius 2 is 1.90 bits per heavy atom. The van der Waals surface area contributed by atoms with Gasteiger partial charge in [0.05, 0.1) is 11.1 Å². The van der Waals surface area contributed by atoms with Gasteiger partial charge in [0.1, 0.15) is 12.4 Å². The third-order valence-corrected chi connectivity index (χ3v) is 4.06. The summed E-state index contributed by atoms with van der Waals surface area (Å²) >= 11 is 5.94. The first-order chi connectivity index (χ1) is 9.50. The van der Waals surface area contributed by atoms with Crippen LogP contribution in [0.4, 0.5) is 0 Å². The summed E-state index contributed by atoms with van der Waals surface area (Å²) in [7, 11) is 0. The summed E-state index contributed by atoms with van der Waals surface area (Å²) in [6, 6.07) is 4.82. The standard InChI is InChI=1S/C15H21ClN2O2/c16-11-5-6-12(14(17)19)13(9-11)20-10-15(18)7-3-1-2-4-8-15/h5-6,9H,1-4,7-8,10,18H2,(H2,17,19). The molecule has 1 saturated carbocycles. The molecule has 1 aromatic rings. The van der Waals surface area contributed by atoms with Crippen molar-refractivity contribution in [3.05, 3.63) is 28.8 Å². The molecule has 1 amide bonds. The molecule has 1 aromatic carbocycles. The molecule has 0 radical (unpaired) electrons. The van der Waals surface area contributed by atoms with E-state index in [0.717, 1.165) is 25.7 Å². The lowest BCUT2D eigenvalue weighted by Gasteiger charge is -2.28. The Labute approximate surface area is 124 Å². The fourth-order valence-corrected chi connectivity index (χ4v) is 2.78. The summed E-state index contributed by atoms with van der Waals surface area (Å²) < 4.78 is 5.77. The maximum atomic E-state index is 11.4. The Kier molecular flexibility index (Phi) is 4.89. The first-order valence-electron chi connectivity index (χ1n) is 7.01. The van der Waals surface area contributed by atoms with Crippen LogP contribution in [0.2, 0.25) is 5.02 Å². The zero-order valence-electron chi connectivity index (χ0n) is 11.5. The minimum Gasteiger partial charge on any atom is -0.491 e. The number of hydrogen-bond acceptors (Lipinski definition) is 3. The van der Waals surface area contributed by atoms with E-state index in [9.17, 15) is 4.79 Å². The van der Waals surface area contributed by atoms with Crippen molar-refractivity contribution in [1.82, 2.24) is 0 Å². The Morgan fingerprint density at radius 1 is 1.25 bits per heavy atom. The molecule has 0 aliphatic heterocycles. The van der Waals surface area contributed by atoms with Gasteiger partial charge in [-0.1, -0.05) is 37.3 Å². The fraction of sp³-hybridized carbons (Fsp3) is 0.533. The normalized spacial score (nSPS) is 18.3. The molecule has 0 unspecified atom stereocenters. The van der Waals surface area contributed by atoms with E-state index < -0.39 is 5.91 Å². The van der Waals surface area contributed by atoms with E-state index in [2.05, 4.69) is 0 Å². The highest BCUT2D eigenvalue weighted by Crippen LogP contribution is 2.28. The molecule has 1 aliphatic carbocycles. The van der Waals surface area contributed by atoms with Crippen molar-refractivity contribution in [2.45, 2.75) is 44.1 Å². The molecule has 0 spiro atoms. The highest BCUT2D eigenvalue weighted by Gasteiger charge is 2.27. The topological polar surface area (TPSA) is 78.3 Å². The van der Waals surface area contributed by atoms with Crippen molar-refractivity contribution in [2.24, 2.45) is 11.5 Å². The Hall–Kier alpha value is -1.26. The molecule has 0 bridgehead atoms. The second-order valence-electron chi connectivity index (χ2n) is 5.57. The van der Waals surface area contributed by atoms with Crippen LogP contribution < -0.4 is 16.2 Å². The molecular formula is C15H21ClN2O2. The van der Waals surface area contributed by atoms with Crippen molar-refractivity contribution >= 4 is 17.5 Å². The number of rotatable bonds is 4. The number of amides is 1. The van der Waals surface area contributed by atoms with Gasteiger partial charge in [0.2, 0.25) is 0 Å². The maximum absolute atomic E-state index is 11.4. The number of carbonyl (C=O) groups excluding carboxylic acids is 1. The Morgan fingerprint density at radius 3 is 2.50 bits per heavy atom. The molecule has 4 N–H and O–H groups in total. The number of nitrogens with two attached hydrogens (primary N) is 2. The van der Waals surface area contributed by atoms with Gasteiger partial charge in [0, 0.05) is 5.02 Å². The van der Waals surface area contributed by atoms with Crippen molar-refractivity contribution in [3.8, 4) is 5.75 Å². The monoisotopic (exact) mass is 296 g/mol. The summed E-state index contributed by atoms with van der Waals surface area (Å²) in [4.78, 5) is 11.4. The van der Waals surface area contributed by atoms with E-state index in [1.54, 1.807) is 18.2 Å². The quantitative estimate of drug-likeness (QED) is 0.839. The molecule has 0 heterocycles. The van der Waals surface area contributed by atoms with Gasteiger partial charge >= 0.3 is 0 Å². The lowest BCUT2D eigenvalue weighted by Crippen LogP contribution is -2.45. The summed E-state index contributed by atoms with van der Waals surface area (Å²) in [5, 5.41) is 0.511. The van der Waals surface area contributed by atoms with Crippen LogP contribution in [0, 0.1) is 0 Å². The SMILES string of the molecule is NC(=O)c1ccc(Cl)cc1OCC1(N)CCCCCC1. The molecule has 0 atom stereocenters. The third kappa shape index (κ3) is 3.87. The van der Waals surface area contributed by atoms with E-state index in [1.165, 1.54) is 12.8 Å². The second-order valence-corrected chi connectivity index (χ2v) is 6.01. The largest absolute Gasteiger partial charge is 0.491 e. The van der Waals surface area contributed by atoms with Crippen LogP contribution >= 0.6 is 11.6 Å². The van der Waals surface area contributed by atoms with Crippen molar-refractivity contribution in [3.63, 3.8) is 0 Å². The number of benzene rings is 1. The molecule has 0 aromatic heterocycles. The summed E-state index contributed by atoms with van der Waals surface area (Å²) in [6.07, 6.45) is 6.58. The van der Waals surface area contributed by atoms with E-state index in [-0.39, 0.29) is 5.54 Å². The van der Waals surface area contributed by atoms with Gasteiger partial charge in [-0.25, -0.2) is 0 Å². The minimum absolute atomic E-state index is 0.326. The van der Waals surface area contributed by atoms with E-state index in [4.69, 9.17) is 27.8 Å². The Balaban J connectivity index is 2.09. The summed E-state index contributed by atoms with van der Waals surface area (Å²) in [5.74, 6) is -0.109. The van der Waals surface area contributed by atoms with Gasteiger partial charge in [0.25, 0.3) is 5.91 Å². The smallest absolute Gasteiger partial charge is 0.252 e. The average molecular weight is 297 g/mol. The molecule has 2 rings (SSSR count). The molecule has 20 heavy (non-hydrogen) atoms. The second kappa shape index (κ2) is 6.46. The third-order valence-electron chi connectivity index (χ3n) is 3.82. The average Bonchev–Trinajstić information content (AvgIpc) is 2.62. The highest BCUT2D eigenvalue weighted by molar-refractivity contribution is 6.30. The number of halogens is 1. The molecular weight excluding hydrogens is 276 g/mol. The first-order valence-corrected chi connectivity index (χ1v) is 7.39. The van der Waals surface area contributed by atoms with Crippen molar-refractivity contribution < 1.29 is 9.53 Å². The molecule has 1 fully saturated rings. The zero-order valence-corrected chi connectivity index (χ0v) is 12.3. The highest BCUT2D eigenvalue weighted by atomic mass is 35.5. The molecule has 110 valence electrons. The van der Waals surface area contributed by atoms with Crippen LogP contribution in [0.1, 0.15) is 48.9 Å². The minimum atomic E-state index is -0.524. The summed E-state index contributed by atoms with van der Waals surface area (Å²) in [5.41, 5.74) is 11.7. The van der Waals surface area contributed by atoms with Crippen molar-refractivity contribution in [1.29, 1.82) is 0 Å². The Bertz CT molecular complexity index is 483. The predicted octanol–water partition coefficient (Wildman–Crippen LogP) is 2.87. The van der Waals surface area contributed by atoms with Gasteiger partial charge in [0.15, 0.2) is 0 Å². The number of ether oxygens (including phenoxy) is 1. The first kappa shape index (κ1) is 15.1. The lowest BCUT2D eigenvalue weighted by atomic mass is 9.92. The summed E-state index contributed by atoms with van der Waals surface area (Å²) in [6.45, 7) is 0.383. The predicted molar refractivity (Wildman–Crippen MR) is 80.1 cm³/mol. The molecule has 4 nitrogen and oxygen atoms in total. The fourth-order valence-electron chi connectivity index (χ4n) is 2.62. The van der Waals surface area contributed by atoms with Gasteiger partial charge in [-0.2, -0.15) is 0 Å². The van der Waals surface area contributed by atoms with Gasteiger partial charge < -0.3 is 16.2 Å². The van der Waals surface area contributed by atoms with Crippen LogP contribution in [0.25, 0.3) is 0 Å². The van der Waals surface area contributed by atoms with Gasteiger partial charge in [-0.3, -0.25) is 4.79 Å². The van der Waals surface area contributed by atoms with Crippen LogP contribution in [-0.2, 0) is 0 Å². The van der Waals surface area contributed by atoms with E-state index >= 15 is 0 Å².